The van der Waals surface area contributed by atoms with E-state index in [1.165, 1.54) is 12.3 Å². The van der Waals surface area contributed by atoms with Crippen molar-refractivity contribution in [2.24, 2.45) is 0 Å². The van der Waals surface area contributed by atoms with Gasteiger partial charge < -0.3 is 10.1 Å². The molecule has 1 aromatic carbocycles. The Labute approximate surface area is 96.1 Å². The van der Waals surface area contributed by atoms with Crippen molar-refractivity contribution >= 4 is 5.69 Å². The zero-order valence-electron chi connectivity index (χ0n) is 8.88. The van der Waals surface area contributed by atoms with Crippen LogP contribution in [0.1, 0.15) is 5.56 Å². The summed E-state index contributed by atoms with van der Waals surface area (Å²) in [7, 11) is 0. The molecule has 88 valence electrons. The Morgan fingerprint density at radius 1 is 1.29 bits per heavy atom. The minimum atomic E-state index is -0.549. The van der Waals surface area contributed by atoms with Crippen LogP contribution in [0.25, 0.3) is 0 Å². The molecule has 1 heterocycles. The van der Waals surface area contributed by atoms with Gasteiger partial charge in [0.15, 0.2) is 0 Å². The highest BCUT2D eigenvalue weighted by Crippen LogP contribution is 2.09. The molecule has 3 N–H and O–H groups in total. The smallest absolute Gasteiger partial charge is 0.347 e. The summed E-state index contributed by atoms with van der Waals surface area (Å²) in [4.78, 5) is 25.2. The summed E-state index contributed by atoms with van der Waals surface area (Å²) < 4.78 is 0.858. The standard InChI is InChI=1S/C11H11N3O3/c15-7-8-2-1-3-9(6-8)13-14-10(16)4-5-12-11(14)17/h1-6,13,15H,7H2,(H,12,17). The van der Waals surface area contributed by atoms with Gasteiger partial charge in [-0.2, -0.15) is 4.68 Å². The average Bonchev–Trinajstić information content (AvgIpc) is 2.34. The van der Waals surface area contributed by atoms with Crippen LogP contribution in [0.3, 0.4) is 0 Å². The molecule has 6 nitrogen and oxygen atoms in total. The fourth-order valence-corrected chi connectivity index (χ4v) is 1.40. The summed E-state index contributed by atoms with van der Waals surface area (Å²) in [6, 6.07) is 8.04. The van der Waals surface area contributed by atoms with Crippen LogP contribution in [-0.2, 0) is 6.61 Å². The zero-order valence-corrected chi connectivity index (χ0v) is 8.88. The summed E-state index contributed by atoms with van der Waals surface area (Å²) in [5.41, 5.74) is 2.90. The number of hydrogen-bond donors (Lipinski definition) is 3. The Morgan fingerprint density at radius 2 is 2.12 bits per heavy atom. The van der Waals surface area contributed by atoms with Crippen molar-refractivity contribution in [1.29, 1.82) is 0 Å². The molecule has 0 fully saturated rings. The number of H-pyrrole nitrogens is 1. The van der Waals surface area contributed by atoms with Gasteiger partial charge in [-0.25, -0.2) is 4.79 Å². The van der Waals surface area contributed by atoms with Crippen molar-refractivity contribution < 1.29 is 5.11 Å². The monoisotopic (exact) mass is 233 g/mol. The van der Waals surface area contributed by atoms with Crippen LogP contribution in [0.2, 0.25) is 0 Å². The van der Waals surface area contributed by atoms with Gasteiger partial charge in [-0.1, -0.05) is 12.1 Å². The Morgan fingerprint density at radius 3 is 2.82 bits per heavy atom. The minimum Gasteiger partial charge on any atom is -0.392 e. The van der Waals surface area contributed by atoms with Gasteiger partial charge in [0.25, 0.3) is 5.56 Å². The van der Waals surface area contributed by atoms with Crippen LogP contribution in [0, 0.1) is 0 Å². The fourth-order valence-electron chi connectivity index (χ4n) is 1.40. The zero-order chi connectivity index (χ0) is 12.3. The molecular formula is C11H11N3O3. The molecule has 0 atom stereocenters. The lowest BCUT2D eigenvalue weighted by Crippen LogP contribution is -2.38. The van der Waals surface area contributed by atoms with Gasteiger partial charge in [-0.05, 0) is 17.7 Å². The van der Waals surface area contributed by atoms with E-state index < -0.39 is 11.2 Å². The lowest BCUT2D eigenvalue weighted by Gasteiger charge is -2.08. The van der Waals surface area contributed by atoms with Gasteiger partial charge in [-0.3, -0.25) is 10.2 Å². The maximum Gasteiger partial charge on any atom is 0.347 e. The first-order valence-electron chi connectivity index (χ1n) is 4.98. The number of aromatic amines is 1. The molecule has 6 heteroatoms. The number of benzene rings is 1. The van der Waals surface area contributed by atoms with Crippen LogP contribution in [0.4, 0.5) is 5.69 Å². The quantitative estimate of drug-likeness (QED) is 0.691. The Hall–Kier alpha value is -2.34. The topological polar surface area (TPSA) is 87.1 Å². The minimum absolute atomic E-state index is 0.102. The fraction of sp³-hybridized carbons (Fsp3) is 0.0909. The van der Waals surface area contributed by atoms with E-state index in [0.717, 1.165) is 4.68 Å². The number of aliphatic hydroxyl groups is 1. The number of aromatic nitrogens is 2. The number of hydrogen-bond acceptors (Lipinski definition) is 4. The summed E-state index contributed by atoms with van der Waals surface area (Å²) in [5, 5.41) is 8.97. The summed E-state index contributed by atoms with van der Waals surface area (Å²) in [6.07, 6.45) is 1.28. The molecule has 0 bridgehead atoms. The normalized spacial score (nSPS) is 10.2. The number of nitrogens with one attached hydrogen (secondary N) is 2. The van der Waals surface area contributed by atoms with Gasteiger partial charge in [0, 0.05) is 12.3 Å². The van der Waals surface area contributed by atoms with E-state index in [2.05, 4.69) is 10.4 Å². The molecule has 0 saturated carbocycles. The van der Waals surface area contributed by atoms with Gasteiger partial charge in [0.1, 0.15) is 0 Å². The first-order valence-corrected chi connectivity index (χ1v) is 4.98. The van der Waals surface area contributed by atoms with Crippen molar-refractivity contribution in [1.82, 2.24) is 9.66 Å². The molecule has 0 amide bonds. The highest BCUT2D eigenvalue weighted by molar-refractivity contribution is 5.45. The molecule has 0 saturated heterocycles. The summed E-state index contributed by atoms with van der Waals surface area (Å²) in [5.74, 6) is 0. The third-order valence-corrected chi connectivity index (χ3v) is 2.21. The van der Waals surface area contributed by atoms with Crippen LogP contribution < -0.4 is 16.7 Å². The lowest BCUT2D eigenvalue weighted by molar-refractivity contribution is 0.282. The molecule has 1 aromatic heterocycles. The van der Waals surface area contributed by atoms with E-state index in [-0.39, 0.29) is 6.61 Å². The molecule has 2 aromatic rings. The van der Waals surface area contributed by atoms with Gasteiger partial charge in [-0.15, -0.1) is 0 Å². The van der Waals surface area contributed by atoms with Crippen LogP contribution >= 0.6 is 0 Å². The maximum absolute atomic E-state index is 11.4. The van der Waals surface area contributed by atoms with Crippen molar-refractivity contribution in [2.45, 2.75) is 6.61 Å². The van der Waals surface area contributed by atoms with E-state index in [9.17, 15) is 9.59 Å². The highest BCUT2D eigenvalue weighted by Gasteiger charge is 2.00. The Bertz CT molecular complexity index is 602. The lowest BCUT2D eigenvalue weighted by atomic mass is 10.2. The maximum atomic E-state index is 11.4. The van der Waals surface area contributed by atoms with Crippen LogP contribution in [0.15, 0.2) is 46.1 Å². The van der Waals surface area contributed by atoms with E-state index in [0.29, 0.717) is 11.3 Å². The number of anilines is 1. The van der Waals surface area contributed by atoms with Crippen LogP contribution in [0.5, 0.6) is 0 Å². The van der Waals surface area contributed by atoms with Crippen molar-refractivity contribution in [2.75, 3.05) is 5.43 Å². The van der Waals surface area contributed by atoms with Crippen LogP contribution in [-0.4, -0.2) is 14.8 Å². The second-order valence-corrected chi connectivity index (χ2v) is 3.43. The Kier molecular flexibility index (Phi) is 3.06. The Balaban J connectivity index is 2.38. The summed E-state index contributed by atoms with van der Waals surface area (Å²) in [6.45, 7) is -0.102. The highest BCUT2D eigenvalue weighted by atomic mass is 16.3. The third kappa shape index (κ3) is 2.43. The van der Waals surface area contributed by atoms with E-state index in [4.69, 9.17) is 5.11 Å². The molecule has 0 radical (unpaired) electrons. The SMILES string of the molecule is O=c1cc[nH]c(=O)n1Nc1cccc(CO)c1. The molecule has 0 unspecified atom stereocenters. The summed E-state index contributed by atoms with van der Waals surface area (Å²) >= 11 is 0. The van der Waals surface area contributed by atoms with E-state index in [1.807, 2.05) is 0 Å². The van der Waals surface area contributed by atoms with E-state index >= 15 is 0 Å². The average molecular weight is 233 g/mol. The van der Waals surface area contributed by atoms with Gasteiger partial charge in [0.2, 0.25) is 0 Å². The molecule has 17 heavy (non-hydrogen) atoms. The van der Waals surface area contributed by atoms with E-state index in [1.54, 1.807) is 24.3 Å². The predicted octanol–water partition coefficient (Wildman–Crippen LogP) is -0.0959. The number of aliphatic hydroxyl groups excluding tert-OH is 1. The first-order chi connectivity index (χ1) is 8.20. The third-order valence-electron chi connectivity index (χ3n) is 2.21. The molecule has 0 spiro atoms. The molecule has 0 aliphatic rings. The van der Waals surface area contributed by atoms with Gasteiger partial charge in [0.05, 0.1) is 12.3 Å². The predicted molar refractivity (Wildman–Crippen MR) is 62.7 cm³/mol. The van der Waals surface area contributed by atoms with Crippen molar-refractivity contribution in [3.05, 3.63) is 62.9 Å². The van der Waals surface area contributed by atoms with Crippen molar-refractivity contribution in [3.63, 3.8) is 0 Å². The molecule has 2 rings (SSSR count). The molecular weight excluding hydrogens is 222 g/mol. The molecule has 0 aliphatic heterocycles. The number of nitrogens with zero attached hydrogens (tertiary/aromatic N) is 1. The second-order valence-electron chi connectivity index (χ2n) is 3.43. The van der Waals surface area contributed by atoms with Gasteiger partial charge >= 0.3 is 5.69 Å². The second kappa shape index (κ2) is 4.67. The first kappa shape index (κ1) is 11.2. The molecule has 0 aliphatic carbocycles. The largest absolute Gasteiger partial charge is 0.392 e. The van der Waals surface area contributed by atoms with Crippen molar-refractivity contribution in [3.8, 4) is 0 Å². The number of rotatable bonds is 3.